The van der Waals surface area contributed by atoms with E-state index in [1.165, 1.54) is 45.5 Å². The van der Waals surface area contributed by atoms with Crippen molar-refractivity contribution in [3.63, 3.8) is 0 Å². The third kappa shape index (κ3) is 4.48. The number of aryl methyl sites for hydroxylation is 3. The first-order valence-electron chi connectivity index (χ1n) is 13.5. The first-order chi connectivity index (χ1) is 19.1. The molecule has 11 nitrogen and oxygen atoms in total. The molecule has 40 heavy (non-hydrogen) atoms. The molecule has 0 spiro atoms. The van der Waals surface area contributed by atoms with Gasteiger partial charge < -0.3 is 19.6 Å². The van der Waals surface area contributed by atoms with Crippen LogP contribution >= 0.6 is 0 Å². The van der Waals surface area contributed by atoms with E-state index < -0.39 is 0 Å². The lowest BCUT2D eigenvalue weighted by molar-refractivity contribution is -0.125. The minimum Gasteiger partial charge on any atom is -0.394 e. The van der Waals surface area contributed by atoms with Crippen LogP contribution in [-0.2, 0) is 39.4 Å². The number of nitrogens with one attached hydrogen (secondary N) is 1. The molecule has 4 aromatic rings. The van der Waals surface area contributed by atoms with Crippen molar-refractivity contribution in [2.45, 2.75) is 31.8 Å². The fourth-order valence-corrected chi connectivity index (χ4v) is 5.95. The molecule has 0 unspecified atom stereocenters. The van der Waals surface area contributed by atoms with E-state index >= 15 is 0 Å². The summed E-state index contributed by atoms with van der Waals surface area (Å²) in [6.45, 7) is 2.66. The van der Waals surface area contributed by atoms with E-state index in [2.05, 4.69) is 64.3 Å². The molecule has 3 atom stereocenters. The Hall–Kier alpha value is -3.96. The Bertz CT molecular complexity index is 1750. The van der Waals surface area contributed by atoms with Crippen molar-refractivity contribution in [1.82, 2.24) is 33.5 Å². The summed E-state index contributed by atoms with van der Waals surface area (Å²) in [5, 5.41) is 13.7. The van der Waals surface area contributed by atoms with Gasteiger partial charge in [0.2, 0.25) is 5.91 Å². The van der Waals surface area contributed by atoms with E-state index in [0.29, 0.717) is 23.8 Å². The standard InChI is InChI=1S/C21H27N3O2.C8H10N4O2/c1-4-15(12-25)22-21(26)14-8-17-16-6-5-7-18-20(16)13(10-23(18)2)9-19(17)24(3)11-14;1-10-4-9-6-5(10)7(13)12(3)8(14)11(6)2/h5-8,10,14-15,19,25H,4,9,11-12H2,1-3H3,(H,22,26);4H,1-3H3/t14-,15+,19-;/m1./s1. The van der Waals surface area contributed by atoms with Gasteiger partial charge in [-0.3, -0.25) is 23.6 Å². The van der Waals surface area contributed by atoms with Crippen LogP contribution in [0.5, 0.6) is 0 Å². The van der Waals surface area contributed by atoms with Crippen molar-refractivity contribution in [3.05, 3.63) is 68.8 Å². The van der Waals surface area contributed by atoms with Crippen LogP contribution in [0.15, 0.2) is 46.4 Å². The summed E-state index contributed by atoms with van der Waals surface area (Å²) in [5.41, 5.74) is 5.34. The second kappa shape index (κ2) is 10.5. The summed E-state index contributed by atoms with van der Waals surface area (Å²) in [5.74, 6) is -0.179. The Kier molecular flexibility index (Phi) is 7.28. The van der Waals surface area contributed by atoms with E-state index in [4.69, 9.17) is 0 Å². The normalized spacial score (nSPS) is 19.1. The lowest BCUT2D eigenvalue weighted by Gasteiger charge is -2.39. The average Bonchev–Trinajstić information content (AvgIpc) is 3.50. The van der Waals surface area contributed by atoms with E-state index in [-0.39, 0.29) is 35.7 Å². The highest BCUT2D eigenvalue weighted by molar-refractivity contribution is 5.99. The Morgan fingerprint density at radius 1 is 1.12 bits per heavy atom. The zero-order valence-corrected chi connectivity index (χ0v) is 23.9. The van der Waals surface area contributed by atoms with Gasteiger partial charge in [-0.25, -0.2) is 9.78 Å². The number of aliphatic hydroxyl groups is 1. The Morgan fingerprint density at radius 3 is 2.58 bits per heavy atom. The van der Waals surface area contributed by atoms with Crippen molar-refractivity contribution >= 4 is 33.5 Å². The fourth-order valence-electron chi connectivity index (χ4n) is 5.95. The quantitative estimate of drug-likeness (QED) is 0.392. The molecule has 2 N–H and O–H groups in total. The van der Waals surface area contributed by atoms with E-state index in [1.54, 1.807) is 18.7 Å². The maximum atomic E-state index is 12.7. The van der Waals surface area contributed by atoms with Crippen LogP contribution in [0.25, 0.3) is 27.6 Å². The molecule has 1 aliphatic heterocycles. The molecule has 212 valence electrons. The summed E-state index contributed by atoms with van der Waals surface area (Å²) in [6.07, 6.45) is 7.64. The van der Waals surface area contributed by atoms with Gasteiger partial charge in [0.1, 0.15) is 0 Å². The number of likely N-dealkylation sites (N-methyl/N-ethyl adjacent to an activating group) is 1. The van der Waals surface area contributed by atoms with Crippen molar-refractivity contribution < 1.29 is 9.90 Å². The van der Waals surface area contributed by atoms with Crippen molar-refractivity contribution in [2.24, 2.45) is 34.1 Å². The lowest BCUT2D eigenvalue weighted by Crippen LogP contribution is -2.48. The number of aromatic nitrogens is 5. The van der Waals surface area contributed by atoms with Crippen molar-refractivity contribution in [2.75, 3.05) is 20.2 Å². The number of amides is 1. The molecule has 2 aliphatic rings. The molecule has 0 radical (unpaired) electrons. The predicted octanol–water partition coefficient (Wildman–Crippen LogP) is 0.906. The zero-order chi connectivity index (χ0) is 28.9. The van der Waals surface area contributed by atoms with Crippen molar-refractivity contribution in [3.8, 4) is 0 Å². The number of fused-ring (bicyclic) bond motifs is 3. The smallest absolute Gasteiger partial charge is 0.332 e. The Labute approximate surface area is 232 Å². The van der Waals surface area contributed by atoms with E-state index in [0.717, 1.165) is 17.4 Å². The molecule has 6 rings (SSSR count). The number of hydrogen-bond donors (Lipinski definition) is 2. The first kappa shape index (κ1) is 27.6. The van der Waals surface area contributed by atoms with Gasteiger partial charge in [-0.05, 0) is 42.7 Å². The largest absolute Gasteiger partial charge is 0.394 e. The molecule has 0 bridgehead atoms. The molecule has 0 saturated carbocycles. The minimum atomic E-state index is -0.360. The van der Waals surface area contributed by atoms with E-state index in [9.17, 15) is 19.5 Å². The van der Waals surface area contributed by atoms with Crippen LogP contribution < -0.4 is 16.6 Å². The van der Waals surface area contributed by atoms with Crippen LogP contribution in [-0.4, -0.2) is 71.4 Å². The van der Waals surface area contributed by atoms with Crippen LogP contribution in [0.4, 0.5) is 0 Å². The lowest BCUT2D eigenvalue weighted by atomic mass is 9.80. The average molecular weight is 548 g/mol. The van der Waals surface area contributed by atoms with E-state index in [1.807, 2.05) is 6.92 Å². The molecule has 0 saturated heterocycles. The third-order valence-electron chi connectivity index (χ3n) is 8.29. The molecule has 4 heterocycles. The van der Waals surface area contributed by atoms with Crippen molar-refractivity contribution in [1.29, 1.82) is 0 Å². The molecule has 1 amide bonds. The molecule has 0 fully saturated rings. The molecule has 1 aliphatic carbocycles. The van der Waals surface area contributed by atoms with Gasteiger partial charge in [0, 0.05) is 57.9 Å². The number of carbonyl (C=O) groups is 1. The summed E-state index contributed by atoms with van der Waals surface area (Å²) < 4.78 is 6.24. The van der Waals surface area contributed by atoms with Gasteiger partial charge in [-0.15, -0.1) is 0 Å². The monoisotopic (exact) mass is 547 g/mol. The number of rotatable bonds is 4. The van der Waals surface area contributed by atoms with Gasteiger partial charge in [0.25, 0.3) is 5.56 Å². The van der Waals surface area contributed by atoms with Crippen LogP contribution in [0, 0.1) is 5.92 Å². The van der Waals surface area contributed by atoms with Gasteiger partial charge in [-0.1, -0.05) is 25.1 Å². The number of imidazole rings is 1. The second-order valence-electron chi connectivity index (χ2n) is 10.9. The third-order valence-corrected chi connectivity index (χ3v) is 8.29. The first-order valence-corrected chi connectivity index (χ1v) is 13.5. The number of nitrogens with zero attached hydrogens (tertiary/aromatic N) is 6. The summed E-state index contributed by atoms with van der Waals surface area (Å²) >= 11 is 0. The highest BCUT2D eigenvalue weighted by Gasteiger charge is 2.36. The van der Waals surface area contributed by atoms with Gasteiger partial charge in [-0.2, -0.15) is 0 Å². The molecule has 3 aromatic heterocycles. The molecule has 11 heteroatoms. The summed E-state index contributed by atoms with van der Waals surface area (Å²) in [6, 6.07) is 6.60. The summed E-state index contributed by atoms with van der Waals surface area (Å²) in [7, 11) is 8.98. The van der Waals surface area contributed by atoms with Crippen LogP contribution in [0.3, 0.4) is 0 Å². The van der Waals surface area contributed by atoms with Crippen LogP contribution in [0.2, 0.25) is 0 Å². The fraction of sp³-hybridized carbons (Fsp3) is 0.448. The van der Waals surface area contributed by atoms with Gasteiger partial charge >= 0.3 is 5.69 Å². The Morgan fingerprint density at radius 2 is 1.88 bits per heavy atom. The molecular formula is C29H37N7O4. The number of carbonyl (C=O) groups excluding carboxylic acids is 1. The number of hydrogen-bond acceptors (Lipinski definition) is 6. The van der Waals surface area contributed by atoms with Crippen LogP contribution in [0.1, 0.15) is 24.5 Å². The highest BCUT2D eigenvalue weighted by Crippen LogP contribution is 2.41. The topological polar surface area (TPSA) is 119 Å². The SMILES string of the molecule is CC[C@@H](CO)NC(=O)[C@@H]1C=C2c3cccc4c3c(cn4C)C[C@H]2N(C)C1.Cn1c(=O)c2c(ncn2C)n(C)c1=O. The zero-order valence-electron chi connectivity index (χ0n) is 23.9. The Balaban J connectivity index is 0.000000194. The maximum Gasteiger partial charge on any atom is 0.332 e. The van der Waals surface area contributed by atoms with Gasteiger partial charge in [0.05, 0.1) is 24.9 Å². The summed E-state index contributed by atoms with van der Waals surface area (Å²) in [4.78, 5) is 42.2. The highest BCUT2D eigenvalue weighted by atomic mass is 16.3. The molecular weight excluding hydrogens is 510 g/mol. The second-order valence-corrected chi connectivity index (χ2v) is 10.9. The van der Waals surface area contributed by atoms with Gasteiger partial charge in [0.15, 0.2) is 11.2 Å². The number of aliphatic hydroxyl groups excluding tert-OH is 1. The number of benzene rings is 1. The minimum absolute atomic E-state index is 0.00901. The predicted molar refractivity (Wildman–Crippen MR) is 155 cm³/mol. The molecule has 1 aromatic carbocycles. The maximum absolute atomic E-state index is 12.7.